The van der Waals surface area contributed by atoms with Crippen LogP contribution in [0.2, 0.25) is 0 Å². The van der Waals surface area contributed by atoms with Crippen LogP contribution in [-0.2, 0) is 16.1 Å². The highest BCUT2D eigenvalue weighted by atomic mass is 16.5. The minimum absolute atomic E-state index is 0.0585. The van der Waals surface area contributed by atoms with Crippen LogP contribution in [0.25, 0.3) is 0 Å². The van der Waals surface area contributed by atoms with E-state index in [0.717, 1.165) is 37.9 Å². The lowest BCUT2D eigenvalue weighted by molar-refractivity contribution is -0.122. The maximum absolute atomic E-state index is 12.5. The molecule has 1 unspecified atom stereocenters. The number of ether oxygens (including phenoxy) is 1. The predicted octanol–water partition coefficient (Wildman–Crippen LogP) is 1.39. The van der Waals surface area contributed by atoms with Crippen LogP contribution in [0.15, 0.2) is 12.4 Å². The van der Waals surface area contributed by atoms with Crippen LogP contribution in [0, 0.1) is 0 Å². The van der Waals surface area contributed by atoms with Crippen molar-refractivity contribution in [2.24, 2.45) is 0 Å². The van der Waals surface area contributed by atoms with Crippen molar-refractivity contribution < 1.29 is 9.53 Å². The first kappa shape index (κ1) is 15.0. The smallest absolute Gasteiger partial charge is 0.244 e. The highest BCUT2D eigenvalue weighted by molar-refractivity contribution is 5.98. The molecule has 2 N–H and O–H groups in total. The quantitative estimate of drug-likeness (QED) is 0.792. The number of amides is 1. The standard InChI is InChI=1S/C14H24N4O2/c1-3-5-14(6-4-7-15-14)13(19)17-12-10-16-18(11-12)8-9-20-2/h10-11,15H,3-9H2,1-2H3,(H,17,19). The van der Waals surface area contributed by atoms with E-state index in [1.165, 1.54) is 0 Å². The van der Waals surface area contributed by atoms with Gasteiger partial charge in [-0.2, -0.15) is 5.10 Å². The number of rotatable bonds is 7. The van der Waals surface area contributed by atoms with Crippen LogP contribution < -0.4 is 10.6 Å². The molecule has 1 amide bonds. The van der Waals surface area contributed by atoms with Crippen molar-refractivity contribution in [1.29, 1.82) is 0 Å². The molecule has 2 heterocycles. The molecule has 0 aromatic carbocycles. The van der Waals surface area contributed by atoms with Gasteiger partial charge in [0, 0.05) is 13.3 Å². The maximum Gasteiger partial charge on any atom is 0.244 e. The zero-order valence-corrected chi connectivity index (χ0v) is 12.3. The van der Waals surface area contributed by atoms with E-state index < -0.39 is 5.54 Å². The molecular weight excluding hydrogens is 256 g/mol. The number of carbonyl (C=O) groups excluding carboxylic acids is 1. The van der Waals surface area contributed by atoms with Crippen molar-refractivity contribution in [3.63, 3.8) is 0 Å². The SMILES string of the molecule is CCCC1(C(=O)Nc2cnn(CCOC)c2)CCCN1. The van der Waals surface area contributed by atoms with E-state index in [4.69, 9.17) is 4.74 Å². The number of aromatic nitrogens is 2. The Morgan fingerprint density at radius 2 is 2.50 bits per heavy atom. The van der Waals surface area contributed by atoms with Gasteiger partial charge in [0.05, 0.1) is 30.6 Å². The summed E-state index contributed by atoms with van der Waals surface area (Å²) >= 11 is 0. The molecule has 6 nitrogen and oxygen atoms in total. The van der Waals surface area contributed by atoms with Crippen molar-refractivity contribution in [3.05, 3.63) is 12.4 Å². The van der Waals surface area contributed by atoms with E-state index >= 15 is 0 Å². The van der Waals surface area contributed by atoms with Gasteiger partial charge in [0.2, 0.25) is 5.91 Å². The minimum Gasteiger partial charge on any atom is -0.383 e. The van der Waals surface area contributed by atoms with Crippen LogP contribution in [0.3, 0.4) is 0 Å². The number of nitrogens with one attached hydrogen (secondary N) is 2. The van der Waals surface area contributed by atoms with Crippen LogP contribution in [0.1, 0.15) is 32.6 Å². The van der Waals surface area contributed by atoms with Crippen LogP contribution in [-0.4, -0.2) is 41.5 Å². The first-order chi connectivity index (χ1) is 9.70. The first-order valence-corrected chi connectivity index (χ1v) is 7.28. The zero-order chi connectivity index (χ0) is 14.4. The summed E-state index contributed by atoms with van der Waals surface area (Å²) in [6, 6.07) is 0. The average molecular weight is 280 g/mol. The number of hydrogen-bond acceptors (Lipinski definition) is 4. The van der Waals surface area contributed by atoms with Crippen molar-refractivity contribution in [2.45, 2.75) is 44.7 Å². The fraction of sp³-hybridized carbons (Fsp3) is 0.714. The predicted molar refractivity (Wildman–Crippen MR) is 77.6 cm³/mol. The summed E-state index contributed by atoms with van der Waals surface area (Å²) in [4.78, 5) is 12.5. The fourth-order valence-corrected chi connectivity index (χ4v) is 2.74. The topological polar surface area (TPSA) is 68.2 Å². The van der Waals surface area contributed by atoms with Gasteiger partial charge in [-0.05, 0) is 25.8 Å². The Kier molecular flexibility index (Phi) is 5.14. The van der Waals surface area contributed by atoms with Crippen LogP contribution >= 0.6 is 0 Å². The van der Waals surface area contributed by atoms with Crippen molar-refractivity contribution in [2.75, 3.05) is 25.6 Å². The second kappa shape index (κ2) is 6.85. The molecule has 0 aliphatic carbocycles. The Morgan fingerprint density at radius 3 is 3.15 bits per heavy atom. The molecule has 0 saturated carbocycles. The summed E-state index contributed by atoms with van der Waals surface area (Å²) in [6.45, 7) is 4.32. The van der Waals surface area contributed by atoms with Gasteiger partial charge in [0.25, 0.3) is 0 Å². The lowest BCUT2D eigenvalue weighted by atomic mass is 9.91. The van der Waals surface area contributed by atoms with Crippen molar-refractivity contribution >= 4 is 11.6 Å². The molecule has 20 heavy (non-hydrogen) atoms. The van der Waals surface area contributed by atoms with E-state index in [1.54, 1.807) is 18.0 Å². The zero-order valence-electron chi connectivity index (χ0n) is 12.3. The Morgan fingerprint density at radius 1 is 1.65 bits per heavy atom. The Bertz CT molecular complexity index is 438. The molecule has 1 aromatic heterocycles. The molecule has 1 aromatic rings. The Labute approximate surface area is 119 Å². The second-order valence-corrected chi connectivity index (χ2v) is 5.30. The molecule has 0 spiro atoms. The Balaban J connectivity index is 1.97. The van der Waals surface area contributed by atoms with Gasteiger partial charge < -0.3 is 15.4 Å². The van der Waals surface area contributed by atoms with Crippen molar-refractivity contribution in [1.82, 2.24) is 15.1 Å². The molecule has 0 radical (unpaired) electrons. The third kappa shape index (κ3) is 3.37. The molecule has 0 bridgehead atoms. The van der Waals surface area contributed by atoms with Gasteiger partial charge in [-0.25, -0.2) is 0 Å². The van der Waals surface area contributed by atoms with Gasteiger partial charge >= 0.3 is 0 Å². The normalized spacial score (nSPS) is 22.1. The molecule has 2 rings (SSSR count). The highest BCUT2D eigenvalue weighted by Crippen LogP contribution is 2.26. The minimum atomic E-state index is -0.399. The largest absolute Gasteiger partial charge is 0.383 e. The number of methoxy groups -OCH3 is 1. The summed E-state index contributed by atoms with van der Waals surface area (Å²) < 4.78 is 6.78. The molecule has 112 valence electrons. The summed E-state index contributed by atoms with van der Waals surface area (Å²) in [6.07, 6.45) is 7.35. The summed E-state index contributed by atoms with van der Waals surface area (Å²) in [7, 11) is 1.66. The number of nitrogens with zero attached hydrogens (tertiary/aromatic N) is 2. The molecule has 1 fully saturated rings. The molecule has 1 aliphatic heterocycles. The lowest BCUT2D eigenvalue weighted by Gasteiger charge is -2.27. The van der Waals surface area contributed by atoms with E-state index in [-0.39, 0.29) is 5.91 Å². The lowest BCUT2D eigenvalue weighted by Crippen LogP contribution is -2.50. The highest BCUT2D eigenvalue weighted by Gasteiger charge is 2.39. The summed E-state index contributed by atoms with van der Waals surface area (Å²) in [5.41, 5.74) is 0.346. The summed E-state index contributed by atoms with van der Waals surface area (Å²) in [5, 5.41) is 10.6. The van der Waals surface area contributed by atoms with Crippen molar-refractivity contribution in [3.8, 4) is 0 Å². The summed E-state index contributed by atoms with van der Waals surface area (Å²) in [5.74, 6) is 0.0585. The second-order valence-electron chi connectivity index (χ2n) is 5.30. The van der Waals surface area contributed by atoms with Gasteiger partial charge in [0.15, 0.2) is 0 Å². The average Bonchev–Trinajstić information content (AvgIpc) is 3.07. The van der Waals surface area contributed by atoms with Gasteiger partial charge in [-0.15, -0.1) is 0 Å². The first-order valence-electron chi connectivity index (χ1n) is 7.28. The molecule has 1 atom stereocenters. The molecular formula is C14H24N4O2. The monoisotopic (exact) mass is 280 g/mol. The Hall–Kier alpha value is -1.40. The fourth-order valence-electron chi connectivity index (χ4n) is 2.74. The van der Waals surface area contributed by atoms with Gasteiger partial charge in [-0.3, -0.25) is 9.48 Å². The third-order valence-electron chi connectivity index (χ3n) is 3.77. The third-order valence-corrected chi connectivity index (χ3v) is 3.77. The van der Waals surface area contributed by atoms with E-state index in [1.807, 2.05) is 6.20 Å². The number of carbonyl (C=O) groups is 1. The van der Waals surface area contributed by atoms with Crippen LogP contribution in [0.4, 0.5) is 5.69 Å². The number of hydrogen-bond donors (Lipinski definition) is 2. The van der Waals surface area contributed by atoms with E-state index in [9.17, 15) is 4.79 Å². The molecule has 1 saturated heterocycles. The molecule has 1 aliphatic rings. The van der Waals surface area contributed by atoms with Gasteiger partial charge in [-0.1, -0.05) is 13.3 Å². The van der Waals surface area contributed by atoms with E-state index in [2.05, 4.69) is 22.7 Å². The maximum atomic E-state index is 12.5. The van der Waals surface area contributed by atoms with Gasteiger partial charge in [0.1, 0.15) is 0 Å². The molecule has 6 heteroatoms. The van der Waals surface area contributed by atoms with Crippen LogP contribution in [0.5, 0.6) is 0 Å². The number of anilines is 1. The van der Waals surface area contributed by atoms with E-state index in [0.29, 0.717) is 13.2 Å².